The van der Waals surface area contributed by atoms with Crippen molar-refractivity contribution in [2.24, 2.45) is 5.92 Å². The number of carbonyl (C=O) groups is 1. The Morgan fingerprint density at radius 2 is 1.74 bits per heavy atom. The summed E-state index contributed by atoms with van der Waals surface area (Å²) in [4.78, 5) is 10.7. The quantitative estimate of drug-likeness (QED) is 0.378. The molecule has 0 aliphatic rings. The predicted molar refractivity (Wildman–Crippen MR) is 82.8 cm³/mol. The van der Waals surface area contributed by atoms with Gasteiger partial charge in [-0.15, -0.1) is 0 Å². The fourth-order valence-corrected chi connectivity index (χ4v) is 2.61. The molecule has 114 valence electrons. The highest BCUT2D eigenvalue weighted by molar-refractivity contribution is 6.74. The Hall–Kier alpha value is -0.353. The zero-order valence-corrected chi connectivity index (χ0v) is 14.8. The van der Waals surface area contributed by atoms with Crippen molar-refractivity contribution in [2.45, 2.75) is 72.0 Å². The van der Waals surface area contributed by atoms with Crippen LogP contribution >= 0.6 is 0 Å². The van der Waals surface area contributed by atoms with Crippen LogP contribution in [0.3, 0.4) is 0 Å². The van der Waals surface area contributed by atoms with Crippen LogP contribution in [0, 0.1) is 5.92 Å². The molecular weight excluding hydrogens is 256 g/mol. The Kier molecular flexibility index (Phi) is 7.90. The van der Waals surface area contributed by atoms with Crippen LogP contribution in [-0.2, 0) is 14.0 Å². The second-order valence-electron chi connectivity index (χ2n) is 6.98. The van der Waals surface area contributed by atoms with E-state index in [1.54, 1.807) is 0 Å². The van der Waals surface area contributed by atoms with Gasteiger partial charge in [-0.05, 0) is 43.3 Å². The summed E-state index contributed by atoms with van der Waals surface area (Å²) in [5.74, 6) is 0.399. The lowest BCUT2D eigenvalue weighted by Crippen LogP contribution is -2.41. The molecule has 0 aromatic carbocycles. The molecule has 0 saturated carbocycles. The van der Waals surface area contributed by atoms with Crippen LogP contribution in [0.4, 0.5) is 0 Å². The van der Waals surface area contributed by atoms with Crippen molar-refractivity contribution in [2.75, 3.05) is 13.2 Å². The van der Waals surface area contributed by atoms with E-state index in [9.17, 15) is 4.79 Å². The van der Waals surface area contributed by atoms with E-state index in [2.05, 4.69) is 40.8 Å². The first-order valence-electron chi connectivity index (χ1n) is 7.33. The first-order valence-corrected chi connectivity index (χ1v) is 10.2. The minimum Gasteiger partial charge on any atom is -0.466 e. The number of esters is 1. The van der Waals surface area contributed by atoms with Crippen molar-refractivity contribution in [3.63, 3.8) is 0 Å². The summed E-state index contributed by atoms with van der Waals surface area (Å²) >= 11 is 0. The van der Waals surface area contributed by atoms with Gasteiger partial charge in [0.1, 0.15) is 0 Å². The average molecular weight is 289 g/mol. The molecule has 0 aromatic heterocycles. The molecule has 1 atom stereocenters. The Balaban J connectivity index is 3.72. The maximum Gasteiger partial charge on any atom is 0.302 e. The van der Waals surface area contributed by atoms with Crippen molar-refractivity contribution >= 4 is 14.3 Å². The molecule has 19 heavy (non-hydrogen) atoms. The molecule has 0 saturated heterocycles. The molecule has 0 radical (unpaired) electrons. The summed E-state index contributed by atoms with van der Waals surface area (Å²) in [6.45, 7) is 16.4. The highest BCUT2D eigenvalue weighted by Gasteiger charge is 2.36. The summed E-state index contributed by atoms with van der Waals surface area (Å²) in [6, 6.07) is 0. The van der Waals surface area contributed by atoms with Crippen LogP contribution in [0.5, 0.6) is 0 Å². The SMILES string of the molecule is CC(=O)OCC[C@H](C)CCCO[Si](C)(C)C(C)(C)C. The Morgan fingerprint density at radius 3 is 2.21 bits per heavy atom. The van der Waals surface area contributed by atoms with Crippen molar-refractivity contribution < 1.29 is 14.0 Å². The monoisotopic (exact) mass is 288 g/mol. The standard InChI is InChI=1S/C15H32O3Si/c1-13(10-12-17-14(2)16)9-8-11-18-19(6,7)15(3,4)5/h13H,8-12H2,1-7H3/t13-/m1/s1. The van der Waals surface area contributed by atoms with E-state index in [0.717, 1.165) is 25.9 Å². The minimum absolute atomic E-state index is 0.187. The fourth-order valence-electron chi connectivity index (χ4n) is 1.52. The van der Waals surface area contributed by atoms with Crippen molar-refractivity contribution in [3.05, 3.63) is 0 Å². The summed E-state index contributed by atoms with van der Waals surface area (Å²) < 4.78 is 11.1. The average Bonchev–Trinajstić information content (AvgIpc) is 2.22. The van der Waals surface area contributed by atoms with Crippen LogP contribution < -0.4 is 0 Å². The van der Waals surface area contributed by atoms with Crippen LogP contribution in [0.1, 0.15) is 53.9 Å². The summed E-state index contributed by atoms with van der Waals surface area (Å²) in [7, 11) is -1.59. The zero-order valence-electron chi connectivity index (χ0n) is 13.8. The molecule has 4 heteroatoms. The van der Waals surface area contributed by atoms with Gasteiger partial charge in [0.2, 0.25) is 0 Å². The van der Waals surface area contributed by atoms with E-state index < -0.39 is 8.32 Å². The van der Waals surface area contributed by atoms with E-state index in [4.69, 9.17) is 9.16 Å². The number of carbonyl (C=O) groups excluding carboxylic acids is 1. The lowest BCUT2D eigenvalue weighted by Gasteiger charge is -2.36. The molecule has 0 heterocycles. The van der Waals surface area contributed by atoms with Crippen LogP contribution in [0.25, 0.3) is 0 Å². The van der Waals surface area contributed by atoms with Crippen molar-refractivity contribution in [1.29, 1.82) is 0 Å². The molecule has 0 aliphatic heterocycles. The van der Waals surface area contributed by atoms with Crippen LogP contribution in [0.15, 0.2) is 0 Å². The summed E-state index contributed by atoms with van der Waals surface area (Å²) in [6.07, 6.45) is 3.17. The number of ether oxygens (including phenoxy) is 1. The van der Waals surface area contributed by atoms with E-state index in [0.29, 0.717) is 12.5 Å². The normalized spacial score (nSPS) is 14.3. The molecule has 3 nitrogen and oxygen atoms in total. The van der Waals surface area contributed by atoms with Gasteiger partial charge >= 0.3 is 5.97 Å². The third-order valence-corrected chi connectivity index (χ3v) is 8.56. The van der Waals surface area contributed by atoms with Gasteiger partial charge in [0.15, 0.2) is 8.32 Å². The highest BCUT2D eigenvalue weighted by atomic mass is 28.4. The zero-order chi connectivity index (χ0) is 15.1. The van der Waals surface area contributed by atoms with Crippen molar-refractivity contribution in [1.82, 2.24) is 0 Å². The molecule has 0 amide bonds. The molecule has 0 rings (SSSR count). The van der Waals surface area contributed by atoms with Gasteiger partial charge in [-0.1, -0.05) is 27.7 Å². The highest BCUT2D eigenvalue weighted by Crippen LogP contribution is 2.36. The molecule has 0 bridgehead atoms. The van der Waals surface area contributed by atoms with Gasteiger partial charge in [-0.25, -0.2) is 0 Å². The lowest BCUT2D eigenvalue weighted by atomic mass is 10.0. The van der Waals surface area contributed by atoms with E-state index in [1.165, 1.54) is 6.92 Å². The van der Waals surface area contributed by atoms with Gasteiger partial charge < -0.3 is 9.16 Å². The van der Waals surface area contributed by atoms with Gasteiger partial charge in [-0.2, -0.15) is 0 Å². The van der Waals surface area contributed by atoms with Crippen LogP contribution in [0.2, 0.25) is 18.1 Å². The fraction of sp³-hybridized carbons (Fsp3) is 0.933. The van der Waals surface area contributed by atoms with E-state index >= 15 is 0 Å². The largest absolute Gasteiger partial charge is 0.466 e. The van der Waals surface area contributed by atoms with Gasteiger partial charge in [0.25, 0.3) is 0 Å². The summed E-state index contributed by atoms with van der Waals surface area (Å²) in [5, 5.41) is 0.286. The first-order chi connectivity index (χ1) is 8.56. The first kappa shape index (κ1) is 18.6. The Labute approximate surface area is 120 Å². The van der Waals surface area contributed by atoms with Crippen molar-refractivity contribution in [3.8, 4) is 0 Å². The Bertz CT molecular complexity index is 269. The number of hydrogen-bond donors (Lipinski definition) is 0. The predicted octanol–water partition coefficient (Wildman–Crippen LogP) is 4.38. The second kappa shape index (κ2) is 8.05. The molecule has 0 unspecified atom stereocenters. The molecule has 0 aliphatic carbocycles. The molecule has 0 aromatic rings. The molecule has 0 N–H and O–H groups in total. The molecule has 0 fully saturated rings. The Morgan fingerprint density at radius 1 is 1.16 bits per heavy atom. The summed E-state index contributed by atoms with van der Waals surface area (Å²) in [5.41, 5.74) is 0. The number of rotatable bonds is 8. The minimum atomic E-state index is -1.59. The van der Waals surface area contributed by atoms with Gasteiger partial charge in [-0.3, -0.25) is 4.79 Å². The van der Waals surface area contributed by atoms with E-state index in [-0.39, 0.29) is 11.0 Å². The third kappa shape index (κ3) is 8.42. The maximum atomic E-state index is 10.7. The van der Waals surface area contributed by atoms with Crippen LogP contribution in [-0.4, -0.2) is 27.5 Å². The molecular formula is C15H32O3Si. The lowest BCUT2D eigenvalue weighted by molar-refractivity contribution is -0.141. The maximum absolute atomic E-state index is 10.7. The number of hydrogen-bond acceptors (Lipinski definition) is 3. The molecule has 0 spiro atoms. The van der Waals surface area contributed by atoms with Gasteiger partial charge in [0.05, 0.1) is 6.61 Å². The second-order valence-corrected chi connectivity index (χ2v) is 11.8. The van der Waals surface area contributed by atoms with Gasteiger partial charge in [0, 0.05) is 13.5 Å². The topological polar surface area (TPSA) is 35.5 Å². The van der Waals surface area contributed by atoms with E-state index in [1.807, 2.05) is 0 Å². The third-order valence-electron chi connectivity index (χ3n) is 4.03. The smallest absolute Gasteiger partial charge is 0.302 e.